The molecule has 0 atom stereocenters. The Morgan fingerprint density at radius 3 is 2.34 bits per heavy atom. The summed E-state index contributed by atoms with van der Waals surface area (Å²) >= 11 is 1.28. The van der Waals surface area contributed by atoms with Crippen molar-refractivity contribution in [3.8, 4) is 5.75 Å². The summed E-state index contributed by atoms with van der Waals surface area (Å²) in [4.78, 5) is 39.9. The minimum Gasteiger partial charge on any atom is -0.497 e. The van der Waals surface area contributed by atoms with Crippen molar-refractivity contribution in [3.63, 3.8) is 0 Å². The number of aromatic nitrogens is 1. The van der Waals surface area contributed by atoms with Crippen LogP contribution in [0.15, 0.2) is 53.9 Å². The van der Waals surface area contributed by atoms with Crippen molar-refractivity contribution >= 4 is 51.4 Å². The first kappa shape index (κ1) is 22.8. The van der Waals surface area contributed by atoms with E-state index in [0.717, 1.165) is 0 Å². The monoisotopic (exact) mass is 453 g/mol. The van der Waals surface area contributed by atoms with Crippen LogP contribution in [0.25, 0.3) is 0 Å². The fourth-order valence-electron chi connectivity index (χ4n) is 2.76. The van der Waals surface area contributed by atoms with Crippen molar-refractivity contribution in [1.82, 2.24) is 4.98 Å². The van der Waals surface area contributed by atoms with E-state index in [9.17, 15) is 14.4 Å². The van der Waals surface area contributed by atoms with E-state index in [4.69, 9.17) is 4.74 Å². The molecule has 0 fully saturated rings. The lowest BCUT2D eigenvalue weighted by molar-refractivity contribution is -0.116. The molecule has 0 aliphatic carbocycles. The van der Waals surface area contributed by atoms with Gasteiger partial charge in [-0.2, -0.15) is 0 Å². The van der Waals surface area contributed by atoms with E-state index in [-0.39, 0.29) is 18.2 Å². The molecule has 0 saturated carbocycles. The van der Waals surface area contributed by atoms with Crippen LogP contribution in [-0.2, 0) is 16.0 Å². The van der Waals surface area contributed by atoms with Crippen LogP contribution >= 0.6 is 11.3 Å². The average Bonchev–Trinajstić information content (AvgIpc) is 3.19. The van der Waals surface area contributed by atoms with Gasteiger partial charge in [0.05, 0.1) is 12.8 Å². The predicted octanol–water partition coefficient (Wildman–Crippen LogP) is 4.33. The second-order valence-electron chi connectivity index (χ2n) is 6.76. The number of aryl methyl sites for hydroxylation is 1. The number of nitrogens with one attached hydrogen (secondary N) is 4. The number of thiazole rings is 1. The number of ether oxygens (including phenoxy) is 1. The lowest BCUT2D eigenvalue weighted by Crippen LogP contribution is -2.19. The molecule has 1 heterocycles. The zero-order chi connectivity index (χ0) is 22.9. The van der Waals surface area contributed by atoms with Crippen LogP contribution in [0.4, 0.5) is 27.0 Å². The number of hydrogen-bond donors (Lipinski definition) is 4. The molecule has 4 amide bonds. The van der Waals surface area contributed by atoms with Gasteiger partial charge in [0.2, 0.25) is 11.8 Å². The van der Waals surface area contributed by atoms with Crippen LogP contribution in [0, 0.1) is 0 Å². The van der Waals surface area contributed by atoms with E-state index in [1.807, 2.05) is 0 Å². The second-order valence-corrected chi connectivity index (χ2v) is 7.62. The van der Waals surface area contributed by atoms with Gasteiger partial charge < -0.3 is 20.7 Å². The highest BCUT2D eigenvalue weighted by molar-refractivity contribution is 7.13. The van der Waals surface area contributed by atoms with Gasteiger partial charge in [0.15, 0.2) is 5.13 Å². The van der Waals surface area contributed by atoms with Gasteiger partial charge in [-0.25, -0.2) is 9.78 Å². The van der Waals surface area contributed by atoms with E-state index < -0.39 is 6.03 Å². The fraction of sp³-hybridized carbons (Fsp3) is 0.182. The van der Waals surface area contributed by atoms with Gasteiger partial charge in [-0.3, -0.25) is 14.9 Å². The molecule has 3 aromatic rings. The molecule has 0 radical (unpaired) electrons. The Bertz CT molecular complexity index is 1100. The van der Waals surface area contributed by atoms with E-state index in [1.54, 1.807) is 61.0 Å². The van der Waals surface area contributed by atoms with Gasteiger partial charge >= 0.3 is 6.03 Å². The standard InChI is InChI=1S/C22H23N5O4S/c1-14(28)23-16-4-3-5-17(12-16)24-20(29)11-8-18-13-32-22(26-18)27-21(30)25-15-6-9-19(31-2)10-7-15/h3-7,9-10,12-13H,8,11H2,1-2H3,(H,23,28)(H,24,29)(H2,25,26,27,30). The minimum absolute atomic E-state index is 0.176. The number of urea groups is 1. The van der Waals surface area contributed by atoms with Crippen molar-refractivity contribution in [1.29, 1.82) is 0 Å². The smallest absolute Gasteiger partial charge is 0.325 e. The third kappa shape index (κ3) is 7.10. The quantitative estimate of drug-likeness (QED) is 0.405. The van der Waals surface area contributed by atoms with Crippen LogP contribution in [0.2, 0.25) is 0 Å². The normalized spacial score (nSPS) is 10.2. The largest absolute Gasteiger partial charge is 0.497 e. The van der Waals surface area contributed by atoms with Crippen molar-refractivity contribution < 1.29 is 19.1 Å². The number of carbonyl (C=O) groups is 3. The summed E-state index contributed by atoms with van der Waals surface area (Å²) < 4.78 is 5.08. The molecule has 0 aliphatic rings. The summed E-state index contributed by atoms with van der Waals surface area (Å²) in [5, 5.41) is 13.1. The molecule has 4 N–H and O–H groups in total. The number of anilines is 4. The van der Waals surface area contributed by atoms with E-state index in [1.165, 1.54) is 18.3 Å². The van der Waals surface area contributed by atoms with E-state index in [0.29, 0.717) is 40.1 Å². The van der Waals surface area contributed by atoms with Crippen LogP contribution in [-0.4, -0.2) is 29.9 Å². The van der Waals surface area contributed by atoms with Gasteiger partial charge in [0.1, 0.15) is 5.75 Å². The molecule has 0 unspecified atom stereocenters. The van der Waals surface area contributed by atoms with Crippen LogP contribution < -0.4 is 26.0 Å². The number of hydrogen-bond acceptors (Lipinski definition) is 6. The summed E-state index contributed by atoms with van der Waals surface area (Å²) in [7, 11) is 1.57. The highest BCUT2D eigenvalue weighted by Crippen LogP contribution is 2.19. The molecule has 1 aromatic heterocycles. The van der Waals surface area contributed by atoms with Gasteiger partial charge in [-0.05, 0) is 48.9 Å². The number of nitrogens with zero attached hydrogens (tertiary/aromatic N) is 1. The van der Waals surface area contributed by atoms with Crippen LogP contribution in [0.3, 0.4) is 0 Å². The highest BCUT2D eigenvalue weighted by Gasteiger charge is 2.10. The summed E-state index contributed by atoms with van der Waals surface area (Å²) in [5.74, 6) is 0.342. The molecule has 0 aliphatic heterocycles. The number of benzene rings is 2. The molecular weight excluding hydrogens is 430 g/mol. The van der Waals surface area contributed by atoms with Gasteiger partial charge in [0.25, 0.3) is 0 Å². The van der Waals surface area contributed by atoms with Crippen molar-refractivity contribution in [2.75, 3.05) is 28.4 Å². The molecule has 166 valence electrons. The lowest BCUT2D eigenvalue weighted by atomic mass is 10.2. The van der Waals surface area contributed by atoms with Crippen molar-refractivity contribution in [3.05, 3.63) is 59.6 Å². The number of amides is 4. The molecule has 3 rings (SSSR count). The fourth-order valence-corrected chi connectivity index (χ4v) is 3.50. The Morgan fingerprint density at radius 1 is 0.938 bits per heavy atom. The van der Waals surface area contributed by atoms with Gasteiger partial charge in [0, 0.05) is 35.8 Å². The number of methoxy groups -OCH3 is 1. The number of rotatable bonds is 8. The molecule has 9 nitrogen and oxygen atoms in total. The van der Waals surface area contributed by atoms with E-state index in [2.05, 4.69) is 26.3 Å². The summed E-state index contributed by atoms with van der Waals surface area (Å²) in [6, 6.07) is 13.5. The second kappa shape index (κ2) is 10.9. The summed E-state index contributed by atoms with van der Waals surface area (Å²) in [5.41, 5.74) is 2.53. The Morgan fingerprint density at radius 2 is 1.66 bits per heavy atom. The Kier molecular flexibility index (Phi) is 7.76. The third-order valence-corrected chi connectivity index (χ3v) is 5.00. The van der Waals surface area contributed by atoms with Crippen LogP contribution in [0.1, 0.15) is 19.0 Å². The molecule has 10 heteroatoms. The molecular formula is C22H23N5O4S. The summed E-state index contributed by atoms with van der Waals surface area (Å²) in [6.45, 7) is 1.42. The first-order valence-corrected chi connectivity index (χ1v) is 10.6. The predicted molar refractivity (Wildman–Crippen MR) is 125 cm³/mol. The minimum atomic E-state index is -0.409. The maximum absolute atomic E-state index is 12.2. The van der Waals surface area contributed by atoms with Crippen molar-refractivity contribution in [2.24, 2.45) is 0 Å². The zero-order valence-electron chi connectivity index (χ0n) is 17.6. The topological polar surface area (TPSA) is 121 Å². The molecule has 0 saturated heterocycles. The van der Waals surface area contributed by atoms with Crippen molar-refractivity contribution in [2.45, 2.75) is 19.8 Å². The maximum atomic E-state index is 12.2. The zero-order valence-corrected chi connectivity index (χ0v) is 18.4. The highest BCUT2D eigenvalue weighted by atomic mass is 32.1. The third-order valence-electron chi connectivity index (χ3n) is 4.19. The lowest BCUT2D eigenvalue weighted by Gasteiger charge is -2.07. The average molecular weight is 454 g/mol. The SMILES string of the molecule is COc1ccc(NC(=O)Nc2nc(CCC(=O)Nc3cccc(NC(C)=O)c3)cs2)cc1. The molecule has 0 spiro atoms. The molecule has 2 aromatic carbocycles. The summed E-state index contributed by atoms with van der Waals surface area (Å²) in [6.07, 6.45) is 0.654. The van der Waals surface area contributed by atoms with E-state index >= 15 is 0 Å². The molecule has 0 bridgehead atoms. The van der Waals surface area contributed by atoms with Crippen LogP contribution in [0.5, 0.6) is 5.75 Å². The van der Waals surface area contributed by atoms with Gasteiger partial charge in [-0.1, -0.05) is 6.07 Å². The maximum Gasteiger partial charge on any atom is 0.325 e. The van der Waals surface area contributed by atoms with Gasteiger partial charge in [-0.15, -0.1) is 11.3 Å². The Balaban J connectivity index is 1.45. The number of carbonyl (C=O) groups excluding carboxylic acids is 3. The Hall–Kier alpha value is -3.92. The Labute approximate surface area is 189 Å². The first-order valence-electron chi connectivity index (χ1n) is 9.75. The molecule has 32 heavy (non-hydrogen) atoms. The first-order chi connectivity index (χ1) is 15.4.